The number of methoxy groups -OCH3 is 1. The number of benzene rings is 1. The van der Waals surface area contributed by atoms with Gasteiger partial charge in [-0.1, -0.05) is 18.6 Å². The Hall–Kier alpha value is -1.06. The van der Waals surface area contributed by atoms with E-state index in [1.54, 1.807) is 7.11 Å². The maximum Gasteiger partial charge on any atom is 0.118 e. The molecule has 0 aromatic heterocycles. The number of aliphatic hydroxyl groups excluding tert-OH is 1. The minimum atomic E-state index is -0.0966. The van der Waals surface area contributed by atoms with Crippen LogP contribution >= 0.6 is 0 Å². The monoisotopic (exact) mass is 263 g/mol. The molecule has 106 valence electrons. The van der Waals surface area contributed by atoms with Gasteiger partial charge in [0, 0.05) is 12.6 Å². The molecule has 19 heavy (non-hydrogen) atoms. The highest BCUT2D eigenvalue weighted by atomic mass is 16.5. The second kappa shape index (κ2) is 6.92. The predicted molar refractivity (Wildman–Crippen MR) is 77.5 cm³/mol. The minimum absolute atomic E-state index is 0.0966. The molecule has 1 saturated carbocycles. The van der Waals surface area contributed by atoms with Crippen molar-refractivity contribution in [2.45, 2.75) is 44.8 Å². The van der Waals surface area contributed by atoms with E-state index in [4.69, 9.17) is 4.74 Å². The summed E-state index contributed by atoms with van der Waals surface area (Å²) in [5, 5.41) is 13.3. The molecule has 3 heteroatoms. The molecular formula is C16H25NO2. The van der Waals surface area contributed by atoms with Crippen LogP contribution in [0.4, 0.5) is 0 Å². The number of hydrogen-bond donors (Lipinski definition) is 2. The summed E-state index contributed by atoms with van der Waals surface area (Å²) in [4.78, 5) is 0. The molecular weight excluding hydrogens is 238 g/mol. The van der Waals surface area contributed by atoms with Crippen LogP contribution in [0.1, 0.15) is 31.7 Å². The Morgan fingerprint density at radius 3 is 2.63 bits per heavy atom. The van der Waals surface area contributed by atoms with Gasteiger partial charge in [0.1, 0.15) is 5.75 Å². The molecule has 2 N–H and O–H groups in total. The van der Waals surface area contributed by atoms with Crippen molar-refractivity contribution in [3.63, 3.8) is 0 Å². The molecule has 1 aliphatic carbocycles. The van der Waals surface area contributed by atoms with Crippen LogP contribution in [0.5, 0.6) is 5.75 Å². The number of aliphatic hydroxyl groups is 1. The molecule has 0 heterocycles. The Morgan fingerprint density at radius 1 is 1.32 bits per heavy atom. The average molecular weight is 263 g/mol. The lowest BCUT2D eigenvalue weighted by molar-refractivity contribution is 0.130. The van der Waals surface area contributed by atoms with E-state index >= 15 is 0 Å². The van der Waals surface area contributed by atoms with E-state index in [1.807, 2.05) is 12.1 Å². The maximum atomic E-state index is 9.80. The molecule has 1 aromatic rings. The van der Waals surface area contributed by atoms with Gasteiger partial charge in [0.15, 0.2) is 0 Å². The second-order valence-electron chi connectivity index (χ2n) is 5.62. The lowest BCUT2D eigenvalue weighted by atomic mass is 10.0. The first kappa shape index (κ1) is 14.4. The number of ether oxygens (including phenoxy) is 1. The van der Waals surface area contributed by atoms with Crippen LogP contribution in [0.15, 0.2) is 24.3 Å². The van der Waals surface area contributed by atoms with Gasteiger partial charge in [-0.05, 0) is 49.8 Å². The summed E-state index contributed by atoms with van der Waals surface area (Å²) in [7, 11) is 1.69. The van der Waals surface area contributed by atoms with Gasteiger partial charge in [-0.3, -0.25) is 0 Å². The van der Waals surface area contributed by atoms with Crippen LogP contribution < -0.4 is 10.1 Å². The van der Waals surface area contributed by atoms with Crippen LogP contribution in [0.3, 0.4) is 0 Å². The highest BCUT2D eigenvalue weighted by Gasteiger charge is 2.24. The molecule has 0 bridgehead atoms. The largest absolute Gasteiger partial charge is 0.497 e. The quantitative estimate of drug-likeness (QED) is 0.828. The van der Waals surface area contributed by atoms with E-state index in [1.165, 1.54) is 12.0 Å². The smallest absolute Gasteiger partial charge is 0.118 e. The Morgan fingerprint density at radius 2 is 2.05 bits per heavy atom. The van der Waals surface area contributed by atoms with Crippen LogP contribution in [-0.4, -0.2) is 30.9 Å². The molecule has 0 aliphatic heterocycles. The molecule has 0 radical (unpaired) electrons. The Kier molecular flexibility index (Phi) is 5.23. The first-order valence-electron chi connectivity index (χ1n) is 7.23. The summed E-state index contributed by atoms with van der Waals surface area (Å²) in [6.45, 7) is 3.13. The lowest BCUT2D eigenvalue weighted by Crippen LogP contribution is -2.35. The molecule has 3 atom stereocenters. The molecule has 1 aliphatic rings. The predicted octanol–water partition coefficient (Wildman–Crippen LogP) is 2.38. The van der Waals surface area contributed by atoms with Crippen LogP contribution in [0.25, 0.3) is 0 Å². The van der Waals surface area contributed by atoms with E-state index < -0.39 is 0 Å². The van der Waals surface area contributed by atoms with E-state index in [2.05, 4.69) is 24.4 Å². The Bertz CT molecular complexity index is 377. The number of hydrogen-bond acceptors (Lipinski definition) is 3. The summed E-state index contributed by atoms with van der Waals surface area (Å²) >= 11 is 0. The lowest BCUT2D eigenvalue weighted by Gasteiger charge is -2.19. The molecule has 0 spiro atoms. The normalized spacial score (nSPS) is 24.4. The molecule has 3 nitrogen and oxygen atoms in total. The molecule has 0 saturated heterocycles. The fraction of sp³-hybridized carbons (Fsp3) is 0.625. The first-order chi connectivity index (χ1) is 9.19. The Labute approximate surface area is 116 Å². The highest BCUT2D eigenvalue weighted by Crippen LogP contribution is 2.24. The van der Waals surface area contributed by atoms with Crippen molar-refractivity contribution in [1.82, 2.24) is 5.32 Å². The second-order valence-corrected chi connectivity index (χ2v) is 5.62. The highest BCUT2D eigenvalue weighted by molar-refractivity contribution is 5.27. The third kappa shape index (κ3) is 4.22. The molecule has 0 amide bonds. The summed E-state index contributed by atoms with van der Waals surface area (Å²) in [5.74, 6) is 1.34. The maximum absolute atomic E-state index is 9.80. The van der Waals surface area contributed by atoms with Crippen LogP contribution in [0, 0.1) is 5.92 Å². The van der Waals surface area contributed by atoms with Crippen molar-refractivity contribution < 1.29 is 9.84 Å². The zero-order valence-corrected chi connectivity index (χ0v) is 11.9. The third-order valence-corrected chi connectivity index (χ3v) is 4.05. The molecule has 3 unspecified atom stereocenters. The van der Waals surface area contributed by atoms with Gasteiger partial charge in [-0.2, -0.15) is 0 Å². The third-order valence-electron chi connectivity index (χ3n) is 4.05. The first-order valence-corrected chi connectivity index (χ1v) is 7.23. The van der Waals surface area contributed by atoms with Crippen molar-refractivity contribution in [2.24, 2.45) is 5.92 Å². The Balaban J connectivity index is 1.75. The summed E-state index contributed by atoms with van der Waals surface area (Å²) in [6.07, 6.45) is 4.20. The van der Waals surface area contributed by atoms with Crippen molar-refractivity contribution in [2.75, 3.05) is 13.7 Å². The SMILES string of the molecule is COc1ccc(CC(C)NCC2CCCC2O)cc1. The van der Waals surface area contributed by atoms with Crippen LogP contribution in [0.2, 0.25) is 0 Å². The van der Waals surface area contributed by atoms with Crippen molar-refractivity contribution in [1.29, 1.82) is 0 Å². The van der Waals surface area contributed by atoms with E-state index in [-0.39, 0.29) is 6.10 Å². The summed E-state index contributed by atoms with van der Waals surface area (Å²) < 4.78 is 5.16. The topological polar surface area (TPSA) is 41.5 Å². The fourth-order valence-electron chi connectivity index (χ4n) is 2.80. The van der Waals surface area contributed by atoms with Crippen LogP contribution in [-0.2, 0) is 6.42 Å². The van der Waals surface area contributed by atoms with E-state index in [9.17, 15) is 5.11 Å². The molecule has 2 rings (SSSR count). The fourth-order valence-corrected chi connectivity index (χ4v) is 2.80. The standard InChI is InChI=1S/C16H25NO2/c1-12(17-11-14-4-3-5-16(14)18)10-13-6-8-15(19-2)9-7-13/h6-9,12,14,16-18H,3-5,10-11H2,1-2H3. The van der Waals surface area contributed by atoms with Gasteiger partial charge in [0.2, 0.25) is 0 Å². The molecule has 1 fully saturated rings. The average Bonchev–Trinajstić information content (AvgIpc) is 2.83. The van der Waals surface area contributed by atoms with E-state index in [0.717, 1.165) is 31.6 Å². The van der Waals surface area contributed by atoms with E-state index in [0.29, 0.717) is 12.0 Å². The van der Waals surface area contributed by atoms with Gasteiger partial charge in [0.25, 0.3) is 0 Å². The van der Waals surface area contributed by atoms with Crippen molar-refractivity contribution >= 4 is 0 Å². The van der Waals surface area contributed by atoms with Gasteiger partial charge >= 0.3 is 0 Å². The minimum Gasteiger partial charge on any atom is -0.497 e. The molecule has 1 aromatic carbocycles. The zero-order valence-electron chi connectivity index (χ0n) is 11.9. The number of nitrogens with one attached hydrogen (secondary N) is 1. The van der Waals surface area contributed by atoms with Gasteiger partial charge < -0.3 is 15.2 Å². The van der Waals surface area contributed by atoms with Crippen molar-refractivity contribution in [3.8, 4) is 5.75 Å². The van der Waals surface area contributed by atoms with Gasteiger partial charge in [-0.25, -0.2) is 0 Å². The van der Waals surface area contributed by atoms with Gasteiger partial charge in [0.05, 0.1) is 13.2 Å². The number of rotatable bonds is 6. The van der Waals surface area contributed by atoms with Gasteiger partial charge in [-0.15, -0.1) is 0 Å². The summed E-state index contributed by atoms with van der Waals surface area (Å²) in [6, 6.07) is 8.66. The summed E-state index contributed by atoms with van der Waals surface area (Å²) in [5.41, 5.74) is 1.31. The zero-order chi connectivity index (χ0) is 13.7. The van der Waals surface area contributed by atoms with Crippen molar-refractivity contribution in [3.05, 3.63) is 29.8 Å².